The van der Waals surface area contributed by atoms with Crippen LogP contribution in [0, 0.1) is 0 Å². The number of aliphatic hydroxyl groups is 1. The Morgan fingerprint density at radius 3 is 2.83 bits per heavy atom. The fourth-order valence-electron chi connectivity index (χ4n) is 4.38. The average molecular weight is 513 g/mol. The summed E-state index contributed by atoms with van der Waals surface area (Å²) in [6.45, 7) is 5.07. The van der Waals surface area contributed by atoms with Crippen molar-refractivity contribution in [1.82, 2.24) is 24.5 Å². The average Bonchev–Trinajstić information content (AvgIpc) is 3.15. The lowest BCUT2D eigenvalue weighted by Gasteiger charge is -2.27. The van der Waals surface area contributed by atoms with Gasteiger partial charge < -0.3 is 19.6 Å². The highest BCUT2D eigenvalue weighted by molar-refractivity contribution is 6.33. The van der Waals surface area contributed by atoms with Crippen molar-refractivity contribution < 1.29 is 14.6 Å². The highest BCUT2D eigenvalue weighted by Crippen LogP contribution is 2.29. The van der Waals surface area contributed by atoms with Gasteiger partial charge in [0.25, 0.3) is 5.91 Å². The number of carbonyl (C=O) groups is 1. The van der Waals surface area contributed by atoms with Crippen molar-refractivity contribution in [3.8, 4) is 11.4 Å². The summed E-state index contributed by atoms with van der Waals surface area (Å²) in [5, 5.41) is 14.8. The second kappa shape index (κ2) is 11.4. The molecule has 192 valence electrons. The predicted octanol–water partition coefficient (Wildman–Crippen LogP) is 4.28. The van der Waals surface area contributed by atoms with Crippen LogP contribution in [0.2, 0.25) is 5.02 Å². The van der Waals surface area contributed by atoms with Gasteiger partial charge in [-0.1, -0.05) is 30.5 Å². The first kappa shape index (κ1) is 26.1. The molecule has 0 aromatic carbocycles. The van der Waals surface area contributed by atoms with Crippen molar-refractivity contribution in [1.29, 1.82) is 0 Å². The summed E-state index contributed by atoms with van der Waals surface area (Å²) in [5.41, 5.74) is 2.72. The van der Waals surface area contributed by atoms with Crippen LogP contribution in [-0.2, 0) is 4.74 Å². The Morgan fingerprint density at radius 2 is 2.11 bits per heavy atom. The first-order chi connectivity index (χ1) is 17.3. The summed E-state index contributed by atoms with van der Waals surface area (Å²) in [7, 11) is 3.81. The zero-order chi connectivity index (χ0) is 25.8. The second-order valence-electron chi connectivity index (χ2n) is 9.19. The van der Waals surface area contributed by atoms with E-state index in [9.17, 15) is 9.90 Å². The van der Waals surface area contributed by atoms with Gasteiger partial charge in [0.05, 0.1) is 5.02 Å². The third-order valence-corrected chi connectivity index (χ3v) is 6.58. The Morgan fingerprint density at radius 1 is 1.31 bits per heavy atom. The van der Waals surface area contributed by atoms with Crippen LogP contribution in [-0.4, -0.2) is 75.1 Å². The SMILES string of the molecule is CCOC(O)/C=C/c1cnc(-c2cc3nc(C(=O)N4CCCCC[C@H]4C)cc(N(C)C)n3n2)c(Cl)c1. The number of halogens is 1. The predicted molar refractivity (Wildman–Crippen MR) is 141 cm³/mol. The van der Waals surface area contributed by atoms with Crippen LogP contribution in [0.15, 0.2) is 30.5 Å². The molecular weight excluding hydrogens is 480 g/mol. The van der Waals surface area contributed by atoms with Gasteiger partial charge in [-0.2, -0.15) is 9.61 Å². The lowest BCUT2D eigenvalue weighted by molar-refractivity contribution is -0.0581. The number of anilines is 1. The zero-order valence-corrected chi connectivity index (χ0v) is 21.9. The summed E-state index contributed by atoms with van der Waals surface area (Å²) in [6.07, 6.45) is 8.18. The number of aliphatic hydroxyl groups excluding tert-OH is 1. The van der Waals surface area contributed by atoms with E-state index in [-0.39, 0.29) is 11.9 Å². The van der Waals surface area contributed by atoms with Crippen LogP contribution < -0.4 is 4.90 Å². The first-order valence-corrected chi connectivity index (χ1v) is 12.7. The number of rotatable bonds is 7. The molecule has 4 rings (SSSR count). The van der Waals surface area contributed by atoms with E-state index in [1.54, 1.807) is 35.0 Å². The van der Waals surface area contributed by atoms with E-state index in [1.807, 2.05) is 30.8 Å². The maximum absolute atomic E-state index is 13.4. The van der Waals surface area contributed by atoms with Crippen molar-refractivity contribution in [3.05, 3.63) is 46.8 Å². The molecule has 10 heteroatoms. The first-order valence-electron chi connectivity index (χ1n) is 12.3. The maximum Gasteiger partial charge on any atom is 0.272 e. The molecule has 36 heavy (non-hydrogen) atoms. The summed E-state index contributed by atoms with van der Waals surface area (Å²) >= 11 is 6.55. The minimum Gasteiger partial charge on any atom is -0.365 e. The van der Waals surface area contributed by atoms with Gasteiger partial charge in [0.15, 0.2) is 11.9 Å². The molecule has 0 saturated carbocycles. The molecule has 1 unspecified atom stereocenters. The number of aromatic nitrogens is 4. The molecule has 0 radical (unpaired) electrons. The van der Waals surface area contributed by atoms with Crippen molar-refractivity contribution in [2.45, 2.75) is 51.9 Å². The molecule has 1 fully saturated rings. The van der Waals surface area contributed by atoms with Crippen LogP contribution in [0.3, 0.4) is 0 Å². The van der Waals surface area contributed by atoms with E-state index in [0.29, 0.717) is 34.4 Å². The second-order valence-corrected chi connectivity index (χ2v) is 9.60. The number of hydrogen-bond donors (Lipinski definition) is 1. The van der Waals surface area contributed by atoms with Crippen molar-refractivity contribution in [3.63, 3.8) is 0 Å². The number of carbonyl (C=O) groups excluding carboxylic acids is 1. The van der Waals surface area contributed by atoms with Gasteiger partial charge in [-0.25, -0.2) is 4.98 Å². The molecule has 0 aliphatic carbocycles. The van der Waals surface area contributed by atoms with Crippen LogP contribution in [0.4, 0.5) is 5.82 Å². The molecule has 3 aromatic heterocycles. The molecule has 1 amide bonds. The maximum atomic E-state index is 13.4. The summed E-state index contributed by atoms with van der Waals surface area (Å²) < 4.78 is 6.79. The fourth-order valence-corrected chi connectivity index (χ4v) is 4.65. The molecule has 1 aliphatic heterocycles. The van der Waals surface area contributed by atoms with Crippen LogP contribution in [0.1, 0.15) is 55.6 Å². The summed E-state index contributed by atoms with van der Waals surface area (Å²) in [4.78, 5) is 26.5. The van der Waals surface area contributed by atoms with Crippen molar-refractivity contribution in [2.75, 3.05) is 32.1 Å². The lowest BCUT2D eigenvalue weighted by Crippen LogP contribution is -2.38. The molecule has 1 N–H and O–H groups in total. The molecule has 3 aromatic rings. The third kappa shape index (κ3) is 5.69. The minimum atomic E-state index is -0.989. The minimum absolute atomic E-state index is 0.0562. The van der Waals surface area contributed by atoms with Gasteiger partial charge in [0, 0.05) is 51.6 Å². The monoisotopic (exact) mass is 512 g/mol. The lowest BCUT2D eigenvalue weighted by atomic mass is 10.1. The van der Waals surface area contributed by atoms with E-state index in [4.69, 9.17) is 21.4 Å². The number of fused-ring (bicyclic) bond motifs is 1. The number of nitrogens with zero attached hydrogens (tertiary/aromatic N) is 6. The Hall–Kier alpha value is -3.01. The number of likely N-dealkylation sites (tertiary alicyclic amines) is 1. The van der Waals surface area contributed by atoms with E-state index in [0.717, 1.165) is 43.6 Å². The molecule has 1 aliphatic rings. The topological polar surface area (TPSA) is 96.1 Å². The Balaban J connectivity index is 1.68. The van der Waals surface area contributed by atoms with Gasteiger partial charge in [-0.3, -0.25) is 9.78 Å². The van der Waals surface area contributed by atoms with Crippen LogP contribution in [0.25, 0.3) is 23.1 Å². The molecular formula is C26H33ClN6O3. The number of amides is 1. The number of pyridine rings is 1. The van der Waals surface area contributed by atoms with E-state index in [2.05, 4.69) is 16.9 Å². The molecule has 0 spiro atoms. The third-order valence-electron chi connectivity index (χ3n) is 6.30. The standard InChI is InChI=1S/C26H33ClN6O3/c1-5-36-24(34)11-10-18-13-19(27)25(28-16-18)20-14-22-29-21(15-23(31(3)4)33(22)30-20)26(35)32-12-8-6-7-9-17(32)2/h10-11,13-17,24,34H,5-9,12H2,1-4H3/b11-10+/t17-,24?/m1/s1. The van der Waals surface area contributed by atoms with Crippen molar-refractivity contribution in [2.24, 2.45) is 0 Å². The quantitative estimate of drug-likeness (QED) is 0.472. The smallest absolute Gasteiger partial charge is 0.272 e. The van der Waals surface area contributed by atoms with Gasteiger partial charge in [0.2, 0.25) is 0 Å². The molecule has 0 bridgehead atoms. The normalized spacial score (nSPS) is 17.5. The zero-order valence-electron chi connectivity index (χ0n) is 21.2. The van der Waals surface area contributed by atoms with Gasteiger partial charge in [0.1, 0.15) is 22.9 Å². The molecule has 1 saturated heterocycles. The van der Waals surface area contributed by atoms with Crippen LogP contribution in [0.5, 0.6) is 0 Å². The highest BCUT2D eigenvalue weighted by Gasteiger charge is 2.26. The number of ether oxygens (including phenoxy) is 1. The fraction of sp³-hybridized carbons (Fsp3) is 0.462. The number of hydrogen-bond acceptors (Lipinski definition) is 7. The van der Waals surface area contributed by atoms with E-state index >= 15 is 0 Å². The van der Waals surface area contributed by atoms with Crippen molar-refractivity contribution >= 4 is 35.0 Å². The van der Waals surface area contributed by atoms with Gasteiger partial charge >= 0.3 is 0 Å². The van der Waals surface area contributed by atoms with Gasteiger partial charge in [-0.05, 0) is 44.4 Å². The summed E-state index contributed by atoms with van der Waals surface area (Å²) in [6, 6.07) is 5.51. The molecule has 9 nitrogen and oxygen atoms in total. The largest absolute Gasteiger partial charge is 0.365 e. The van der Waals surface area contributed by atoms with Crippen LogP contribution >= 0.6 is 11.6 Å². The highest BCUT2D eigenvalue weighted by atomic mass is 35.5. The Kier molecular flexibility index (Phi) is 8.23. The molecule has 4 heterocycles. The Labute approximate surface area is 216 Å². The van der Waals surface area contributed by atoms with E-state index < -0.39 is 6.29 Å². The summed E-state index contributed by atoms with van der Waals surface area (Å²) in [5.74, 6) is 0.678. The molecule has 2 atom stereocenters. The Bertz CT molecular complexity index is 1260. The van der Waals surface area contributed by atoms with E-state index in [1.165, 1.54) is 6.08 Å². The van der Waals surface area contributed by atoms with Gasteiger partial charge in [-0.15, -0.1) is 0 Å².